The number of carbonyl (C=O) groups excluding carboxylic acids is 1. The van der Waals surface area contributed by atoms with Crippen molar-refractivity contribution >= 4 is 6.09 Å². The molecule has 1 fully saturated rings. The molecule has 0 radical (unpaired) electrons. The number of cyclic esters (lactones) is 1. The van der Waals surface area contributed by atoms with Crippen molar-refractivity contribution in [2.24, 2.45) is 5.92 Å². The lowest BCUT2D eigenvalue weighted by Crippen LogP contribution is -2.38. The molecule has 0 aromatic heterocycles. The Bertz CT molecular complexity index is 135. The molecule has 0 saturated carbocycles. The summed E-state index contributed by atoms with van der Waals surface area (Å²) < 4.78 is 4.75. The van der Waals surface area contributed by atoms with E-state index in [-0.39, 0.29) is 6.09 Å². The maximum atomic E-state index is 10.5. The van der Waals surface area contributed by atoms with Crippen LogP contribution in [0.15, 0.2) is 12.7 Å². The van der Waals surface area contributed by atoms with Gasteiger partial charge in [0.05, 0.1) is 6.61 Å². The standard InChI is InChI=1S/C7H11NO2/c1-2-3-6-4-8-7(9)10-5-6/h2,6H,1,3-5H2,(H,8,9)/t6-/m0/s1. The minimum absolute atomic E-state index is 0.305. The van der Waals surface area contributed by atoms with Crippen LogP contribution < -0.4 is 5.32 Å². The van der Waals surface area contributed by atoms with Crippen LogP contribution in [-0.4, -0.2) is 19.2 Å². The molecule has 1 heterocycles. The molecule has 1 rings (SSSR count). The number of hydrogen-bond acceptors (Lipinski definition) is 2. The van der Waals surface area contributed by atoms with Crippen LogP contribution in [0.4, 0.5) is 4.79 Å². The van der Waals surface area contributed by atoms with Crippen molar-refractivity contribution in [2.45, 2.75) is 6.42 Å². The summed E-state index contributed by atoms with van der Waals surface area (Å²) in [7, 11) is 0. The van der Waals surface area contributed by atoms with Crippen LogP contribution >= 0.6 is 0 Å². The van der Waals surface area contributed by atoms with Gasteiger partial charge in [-0.05, 0) is 6.42 Å². The highest BCUT2D eigenvalue weighted by atomic mass is 16.6. The Balaban J connectivity index is 2.25. The number of carbonyl (C=O) groups is 1. The maximum absolute atomic E-state index is 10.5. The van der Waals surface area contributed by atoms with Gasteiger partial charge in [-0.1, -0.05) is 6.08 Å². The second-order valence-electron chi connectivity index (χ2n) is 2.37. The number of alkyl carbamates (subject to hydrolysis) is 1. The summed E-state index contributed by atoms with van der Waals surface area (Å²) in [5, 5.41) is 2.61. The van der Waals surface area contributed by atoms with E-state index in [0.29, 0.717) is 19.1 Å². The summed E-state index contributed by atoms with van der Waals surface area (Å²) in [5.41, 5.74) is 0. The third kappa shape index (κ3) is 1.76. The Labute approximate surface area is 60.1 Å². The molecule has 10 heavy (non-hydrogen) atoms. The van der Waals surface area contributed by atoms with E-state index in [1.54, 1.807) is 0 Å². The molecular weight excluding hydrogens is 130 g/mol. The summed E-state index contributed by atoms with van der Waals surface area (Å²) in [6.07, 6.45) is 2.44. The van der Waals surface area contributed by atoms with E-state index in [2.05, 4.69) is 11.9 Å². The normalized spacial score (nSPS) is 24.8. The van der Waals surface area contributed by atoms with E-state index in [1.165, 1.54) is 0 Å². The van der Waals surface area contributed by atoms with Crippen molar-refractivity contribution in [3.05, 3.63) is 12.7 Å². The van der Waals surface area contributed by atoms with E-state index in [0.717, 1.165) is 6.42 Å². The number of ether oxygens (including phenoxy) is 1. The fourth-order valence-corrected chi connectivity index (χ4v) is 0.918. The number of allylic oxidation sites excluding steroid dienone is 1. The van der Waals surface area contributed by atoms with Crippen LogP contribution in [0.25, 0.3) is 0 Å². The van der Waals surface area contributed by atoms with Gasteiger partial charge in [-0.25, -0.2) is 4.79 Å². The fourth-order valence-electron chi connectivity index (χ4n) is 0.918. The van der Waals surface area contributed by atoms with Gasteiger partial charge in [0.1, 0.15) is 0 Å². The molecular formula is C7H11NO2. The van der Waals surface area contributed by atoms with E-state index >= 15 is 0 Å². The molecule has 1 saturated heterocycles. The molecule has 0 aliphatic carbocycles. The van der Waals surface area contributed by atoms with E-state index in [1.807, 2.05) is 6.08 Å². The summed E-state index contributed by atoms with van der Waals surface area (Å²) in [6.45, 7) is 4.84. The Morgan fingerprint density at radius 2 is 2.70 bits per heavy atom. The van der Waals surface area contributed by atoms with Gasteiger partial charge in [0.15, 0.2) is 0 Å². The largest absolute Gasteiger partial charge is 0.449 e. The monoisotopic (exact) mass is 141 g/mol. The minimum atomic E-state index is -0.305. The smallest absolute Gasteiger partial charge is 0.407 e. The van der Waals surface area contributed by atoms with E-state index in [4.69, 9.17) is 4.74 Å². The molecule has 3 nitrogen and oxygen atoms in total. The average Bonchev–Trinajstić information content (AvgIpc) is 1.95. The molecule has 0 spiro atoms. The zero-order valence-corrected chi connectivity index (χ0v) is 5.80. The molecule has 0 aromatic carbocycles. The fraction of sp³-hybridized carbons (Fsp3) is 0.571. The molecule has 0 unspecified atom stereocenters. The van der Waals surface area contributed by atoms with Crippen molar-refractivity contribution in [1.29, 1.82) is 0 Å². The topological polar surface area (TPSA) is 38.3 Å². The van der Waals surface area contributed by atoms with Gasteiger partial charge in [-0.2, -0.15) is 0 Å². The van der Waals surface area contributed by atoms with Gasteiger partial charge in [0.2, 0.25) is 0 Å². The maximum Gasteiger partial charge on any atom is 0.407 e. The zero-order valence-electron chi connectivity index (χ0n) is 5.80. The van der Waals surface area contributed by atoms with Crippen LogP contribution in [-0.2, 0) is 4.74 Å². The number of hydrogen-bond donors (Lipinski definition) is 1. The van der Waals surface area contributed by atoms with Crippen LogP contribution in [0.1, 0.15) is 6.42 Å². The van der Waals surface area contributed by atoms with Gasteiger partial charge < -0.3 is 10.1 Å². The predicted octanol–water partition coefficient (Wildman–Crippen LogP) is 0.919. The van der Waals surface area contributed by atoms with Crippen LogP contribution in [0, 0.1) is 5.92 Å². The molecule has 1 N–H and O–H groups in total. The summed E-state index contributed by atoms with van der Waals surface area (Å²) in [4.78, 5) is 10.5. The quantitative estimate of drug-likeness (QED) is 0.581. The molecule has 1 atom stereocenters. The Kier molecular flexibility index (Phi) is 2.31. The van der Waals surface area contributed by atoms with Crippen molar-refractivity contribution in [2.75, 3.05) is 13.2 Å². The number of rotatable bonds is 2. The first-order chi connectivity index (χ1) is 4.83. The third-order valence-electron chi connectivity index (χ3n) is 1.49. The third-order valence-corrected chi connectivity index (χ3v) is 1.49. The molecule has 3 heteroatoms. The van der Waals surface area contributed by atoms with Crippen molar-refractivity contribution in [3.8, 4) is 0 Å². The van der Waals surface area contributed by atoms with Gasteiger partial charge >= 0.3 is 6.09 Å². The lowest BCUT2D eigenvalue weighted by atomic mass is 10.1. The summed E-state index contributed by atoms with van der Waals surface area (Å²) in [6, 6.07) is 0. The Hall–Kier alpha value is -0.990. The Morgan fingerprint density at radius 1 is 1.90 bits per heavy atom. The minimum Gasteiger partial charge on any atom is -0.449 e. The van der Waals surface area contributed by atoms with Crippen molar-refractivity contribution in [1.82, 2.24) is 5.32 Å². The van der Waals surface area contributed by atoms with Crippen LogP contribution in [0.5, 0.6) is 0 Å². The first kappa shape index (κ1) is 7.12. The molecule has 56 valence electrons. The SMILES string of the molecule is C=CC[C@H]1CNC(=O)OC1. The van der Waals surface area contributed by atoms with Crippen molar-refractivity contribution < 1.29 is 9.53 Å². The molecule has 1 amide bonds. The first-order valence-corrected chi connectivity index (χ1v) is 3.34. The highest BCUT2D eigenvalue weighted by Crippen LogP contribution is 2.06. The molecule has 0 bridgehead atoms. The second kappa shape index (κ2) is 3.25. The molecule has 1 aliphatic rings. The average molecular weight is 141 g/mol. The first-order valence-electron chi connectivity index (χ1n) is 3.34. The van der Waals surface area contributed by atoms with E-state index in [9.17, 15) is 4.79 Å². The van der Waals surface area contributed by atoms with Crippen LogP contribution in [0.2, 0.25) is 0 Å². The summed E-state index contributed by atoms with van der Waals surface area (Å²) >= 11 is 0. The van der Waals surface area contributed by atoms with Gasteiger partial charge in [-0.3, -0.25) is 0 Å². The number of nitrogens with one attached hydrogen (secondary N) is 1. The Morgan fingerprint density at radius 3 is 3.20 bits per heavy atom. The predicted molar refractivity (Wildman–Crippen MR) is 37.7 cm³/mol. The molecule has 1 aliphatic heterocycles. The van der Waals surface area contributed by atoms with Gasteiger partial charge in [-0.15, -0.1) is 6.58 Å². The van der Waals surface area contributed by atoms with Crippen molar-refractivity contribution in [3.63, 3.8) is 0 Å². The summed E-state index contributed by atoms with van der Waals surface area (Å²) in [5.74, 6) is 0.412. The lowest BCUT2D eigenvalue weighted by Gasteiger charge is -2.21. The highest BCUT2D eigenvalue weighted by Gasteiger charge is 2.16. The number of amides is 1. The highest BCUT2D eigenvalue weighted by molar-refractivity contribution is 5.67. The lowest BCUT2D eigenvalue weighted by molar-refractivity contribution is 0.103. The zero-order chi connectivity index (χ0) is 7.40. The second-order valence-corrected chi connectivity index (χ2v) is 2.37. The van der Waals surface area contributed by atoms with Crippen LogP contribution in [0.3, 0.4) is 0 Å². The van der Waals surface area contributed by atoms with Gasteiger partial charge in [0, 0.05) is 12.5 Å². The van der Waals surface area contributed by atoms with Gasteiger partial charge in [0.25, 0.3) is 0 Å². The molecule has 0 aromatic rings. The van der Waals surface area contributed by atoms with E-state index < -0.39 is 0 Å².